The van der Waals surface area contributed by atoms with E-state index in [0.717, 1.165) is 5.56 Å². The van der Waals surface area contributed by atoms with E-state index in [0.29, 0.717) is 11.3 Å². The molecule has 2 aromatic carbocycles. The number of carbonyl (C=O) groups is 1. The molecule has 0 amide bonds. The molecule has 6 heteroatoms. The fourth-order valence-electron chi connectivity index (χ4n) is 1.89. The smallest absolute Gasteiger partial charge is 0.340 e. The molecule has 0 saturated carbocycles. The number of benzene rings is 2. The average molecular weight is 286 g/mol. The third kappa shape index (κ3) is 3.17. The van der Waals surface area contributed by atoms with Crippen LogP contribution in [0.5, 0.6) is 0 Å². The van der Waals surface area contributed by atoms with Gasteiger partial charge >= 0.3 is 5.97 Å². The Morgan fingerprint density at radius 3 is 2.67 bits per heavy atom. The second-order valence-electron chi connectivity index (χ2n) is 4.50. The number of para-hydroxylation sites is 2. The van der Waals surface area contributed by atoms with Crippen LogP contribution in [-0.4, -0.2) is 10.9 Å². The first-order chi connectivity index (χ1) is 10.0. The summed E-state index contributed by atoms with van der Waals surface area (Å²) >= 11 is 0. The Morgan fingerprint density at radius 1 is 1.24 bits per heavy atom. The number of anilines is 1. The highest BCUT2D eigenvalue weighted by atomic mass is 16.6. The number of aryl methyl sites for hydroxylation is 1. The molecule has 0 aliphatic rings. The maximum Gasteiger partial charge on any atom is 0.340 e. The predicted molar refractivity (Wildman–Crippen MR) is 77.8 cm³/mol. The Bertz CT molecular complexity index is 698. The van der Waals surface area contributed by atoms with Crippen molar-refractivity contribution in [3.8, 4) is 0 Å². The van der Waals surface area contributed by atoms with E-state index in [4.69, 9.17) is 10.5 Å². The first-order valence-electron chi connectivity index (χ1n) is 6.25. The van der Waals surface area contributed by atoms with Crippen LogP contribution in [0.3, 0.4) is 0 Å². The summed E-state index contributed by atoms with van der Waals surface area (Å²) in [6.45, 7) is 1.61. The molecule has 0 heterocycles. The maximum atomic E-state index is 12.0. The van der Waals surface area contributed by atoms with E-state index in [-0.39, 0.29) is 17.9 Å². The van der Waals surface area contributed by atoms with Crippen molar-refractivity contribution in [1.29, 1.82) is 0 Å². The van der Waals surface area contributed by atoms with E-state index >= 15 is 0 Å². The van der Waals surface area contributed by atoms with Crippen LogP contribution in [0.25, 0.3) is 0 Å². The molecule has 0 fully saturated rings. The minimum atomic E-state index is -0.602. The van der Waals surface area contributed by atoms with Crippen molar-refractivity contribution in [3.05, 3.63) is 69.3 Å². The number of nitrogen functional groups attached to an aromatic ring is 1. The zero-order valence-corrected chi connectivity index (χ0v) is 11.4. The van der Waals surface area contributed by atoms with Crippen molar-refractivity contribution in [2.75, 3.05) is 5.73 Å². The van der Waals surface area contributed by atoms with Gasteiger partial charge in [-0.2, -0.15) is 0 Å². The van der Waals surface area contributed by atoms with Crippen molar-refractivity contribution < 1.29 is 14.5 Å². The first kappa shape index (κ1) is 14.5. The number of rotatable bonds is 4. The number of nitro benzene ring substituents is 1. The highest BCUT2D eigenvalue weighted by Crippen LogP contribution is 2.21. The minimum absolute atomic E-state index is 0.0810. The van der Waals surface area contributed by atoms with E-state index in [1.165, 1.54) is 6.07 Å². The Morgan fingerprint density at radius 2 is 1.95 bits per heavy atom. The molecule has 0 unspecified atom stereocenters. The number of nitrogens with two attached hydrogens (primary N) is 1. The van der Waals surface area contributed by atoms with Gasteiger partial charge in [0.25, 0.3) is 5.69 Å². The topological polar surface area (TPSA) is 95.5 Å². The zero-order valence-electron chi connectivity index (χ0n) is 11.4. The van der Waals surface area contributed by atoms with Crippen LogP contribution in [0.2, 0.25) is 0 Å². The van der Waals surface area contributed by atoms with Gasteiger partial charge in [0, 0.05) is 11.8 Å². The Kier molecular flexibility index (Phi) is 4.18. The first-order valence-corrected chi connectivity index (χ1v) is 6.25. The van der Waals surface area contributed by atoms with Gasteiger partial charge in [-0.1, -0.05) is 24.3 Å². The normalized spacial score (nSPS) is 10.1. The minimum Gasteiger partial charge on any atom is -0.457 e. The van der Waals surface area contributed by atoms with Gasteiger partial charge in [-0.3, -0.25) is 10.1 Å². The summed E-state index contributed by atoms with van der Waals surface area (Å²) in [5.41, 5.74) is 7.46. The number of esters is 1. The standard InChI is InChI=1S/C15H14N2O4/c1-10-5-4-7-12(14(10)16)15(18)21-9-11-6-2-3-8-13(11)17(19)20/h2-8H,9,16H2,1H3. The molecule has 0 saturated heterocycles. The summed E-state index contributed by atoms with van der Waals surface area (Å²) < 4.78 is 5.12. The molecule has 21 heavy (non-hydrogen) atoms. The van der Waals surface area contributed by atoms with Crippen LogP contribution in [0.1, 0.15) is 21.5 Å². The van der Waals surface area contributed by atoms with Crippen molar-refractivity contribution in [2.45, 2.75) is 13.5 Å². The lowest BCUT2D eigenvalue weighted by atomic mass is 10.1. The molecule has 0 radical (unpaired) electrons. The Labute approximate surface area is 121 Å². The number of hydrogen-bond donors (Lipinski definition) is 1. The number of nitro groups is 1. The summed E-state index contributed by atoms with van der Waals surface area (Å²) in [7, 11) is 0. The van der Waals surface area contributed by atoms with E-state index in [1.54, 1.807) is 43.3 Å². The van der Waals surface area contributed by atoms with Gasteiger partial charge in [-0.25, -0.2) is 4.79 Å². The zero-order chi connectivity index (χ0) is 15.4. The van der Waals surface area contributed by atoms with Crippen molar-refractivity contribution in [3.63, 3.8) is 0 Å². The van der Waals surface area contributed by atoms with E-state index in [9.17, 15) is 14.9 Å². The molecule has 0 aliphatic carbocycles. The third-order valence-corrected chi connectivity index (χ3v) is 3.09. The molecule has 0 aliphatic heterocycles. The van der Waals surface area contributed by atoms with Crippen LogP contribution in [-0.2, 0) is 11.3 Å². The average Bonchev–Trinajstić information content (AvgIpc) is 2.47. The molecular weight excluding hydrogens is 272 g/mol. The number of nitrogens with zero attached hydrogens (tertiary/aromatic N) is 1. The van der Waals surface area contributed by atoms with E-state index < -0.39 is 10.9 Å². The highest BCUT2D eigenvalue weighted by Gasteiger charge is 2.16. The van der Waals surface area contributed by atoms with Gasteiger partial charge in [-0.15, -0.1) is 0 Å². The SMILES string of the molecule is Cc1cccc(C(=O)OCc2ccccc2[N+](=O)[O-])c1N. The fourth-order valence-corrected chi connectivity index (χ4v) is 1.89. The molecule has 0 bridgehead atoms. The number of ether oxygens (including phenoxy) is 1. The maximum absolute atomic E-state index is 12.0. The highest BCUT2D eigenvalue weighted by molar-refractivity contribution is 5.95. The van der Waals surface area contributed by atoms with Crippen LogP contribution in [0.4, 0.5) is 11.4 Å². The second-order valence-corrected chi connectivity index (χ2v) is 4.50. The van der Waals surface area contributed by atoms with E-state index in [1.807, 2.05) is 0 Å². The molecule has 0 aromatic heterocycles. The number of hydrogen-bond acceptors (Lipinski definition) is 5. The van der Waals surface area contributed by atoms with Crippen molar-refractivity contribution >= 4 is 17.3 Å². The van der Waals surface area contributed by atoms with Gasteiger partial charge in [-0.05, 0) is 24.6 Å². The second kappa shape index (κ2) is 6.04. The quantitative estimate of drug-likeness (QED) is 0.403. The van der Waals surface area contributed by atoms with Gasteiger partial charge in [0.2, 0.25) is 0 Å². The molecule has 108 valence electrons. The molecular formula is C15H14N2O4. The van der Waals surface area contributed by atoms with Gasteiger partial charge < -0.3 is 10.5 Å². The number of carbonyl (C=O) groups excluding carboxylic acids is 1. The molecule has 2 aromatic rings. The van der Waals surface area contributed by atoms with Crippen LogP contribution in [0.15, 0.2) is 42.5 Å². The Hall–Kier alpha value is -2.89. The molecule has 2 rings (SSSR count). The lowest BCUT2D eigenvalue weighted by Gasteiger charge is -2.09. The van der Waals surface area contributed by atoms with Gasteiger partial charge in [0.05, 0.1) is 16.1 Å². The van der Waals surface area contributed by atoms with Crippen LogP contribution >= 0.6 is 0 Å². The largest absolute Gasteiger partial charge is 0.457 e. The molecule has 0 spiro atoms. The summed E-state index contributed by atoms with van der Waals surface area (Å²) in [6.07, 6.45) is 0. The fraction of sp³-hybridized carbons (Fsp3) is 0.133. The predicted octanol–water partition coefficient (Wildman–Crippen LogP) is 2.84. The van der Waals surface area contributed by atoms with E-state index in [2.05, 4.69) is 0 Å². The van der Waals surface area contributed by atoms with Crippen molar-refractivity contribution in [1.82, 2.24) is 0 Å². The van der Waals surface area contributed by atoms with Gasteiger partial charge in [0.15, 0.2) is 0 Å². The summed E-state index contributed by atoms with van der Waals surface area (Å²) in [6, 6.07) is 11.2. The third-order valence-electron chi connectivity index (χ3n) is 3.09. The summed E-state index contributed by atoms with van der Waals surface area (Å²) in [5.74, 6) is -0.602. The van der Waals surface area contributed by atoms with Crippen LogP contribution in [0, 0.1) is 17.0 Å². The van der Waals surface area contributed by atoms with Crippen LogP contribution < -0.4 is 5.73 Å². The molecule has 2 N–H and O–H groups in total. The molecule has 0 atom stereocenters. The molecule has 6 nitrogen and oxygen atoms in total. The van der Waals surface area contributed by atoms with Gasteiger partial charge in [0.1, 0.15) is 6.61 Å². The summed E-state index contributed by atoms with van der Waals surface area (Å²) in [4.78, 5) is 22.4. The monoisotopic (exact) mass is 286 g/mol. The lowest BCUT2D eigenvalue weighted by molar-refractivity contribution is -0.385. The van der Waals surface area contributed by atoms with Crippen molar-refractivity contribution in [2.24, 2.45) is 0 Å². The lowest BCUT2D eigenvalue weighted by Crippen LogP contribution is -2.09. The Balaban J connectivity index is 2.15. The summed E-state index contributed by atoms with van der Waals surface area (Å²) in [5, 5.41) is 10.9.